The fourth-order valence-corrected chi connectivity index (χ4v) is 4.30. The van der Waals surface area contributed by atoms with Crippen LogP contribution in [0, 0.1) is 6.92 Å². The van der Waals surface area contributed by atoms with Gasteiger partial charge in [0.05, 0.1) is 35.2 Å². The summed E-state index contributed by atoms with van der Waals surface area (Å²) in [4.78, 5) is 26.8. The summed E-state index contributed by atoms with van der Waals surface area (Å²) in [6.45, 7) is 2.91. The predicted molar refractivity (Wildman–Crippen MR) is 122 cm³/mol. The highest BCUT2D eigenvalue weighted by Gasteiger charge is 2.29. The van der Waals surface area contributed by atoms with E-state index in [1.165, 1.54) is 0 Å². The molecule has 5 heterocycles. The second kappa shape index (κ2) is 7.84. The summed E-state index contributed by atoms with van der Waals surface area (Å²) in [6.07, 6.45) is 11.8. The van der Waals surface area contributed by atoms with Crippen molar-refractivity contribution >= 4 is 11.0 Å². The van der Waals surface area contributed by atoms with E-state index in [-0.39, 0.29) is 11.7 Å². The first-order valence-electron chi connectivity index (χ1n) is 11.1. The molecule has 0 aromatic carbocycles. The number of aryl methyl sites for hydroxylation is 3. The minimum Gasteiger partial charge on any atom is -0.361 e. The van der Waals surface area contributed by atoms with Crippen LogP contribution in [0.25, 0.3) is 22.3 Å². The largest absolute Gasteiger partial charge is 0.361 e. The van der Waals surface area contributed by atoms with Crippen molar-refractivity contribution in [2.24, 2.45) is 0 Å². The topological polar surface area (TPSA) is 96.6 Å². The monoisotopic (exact) mass is 441 g/mol. The highest BCUT2D eigenvalue weighted by Crippen LogP contribution is 2.36. The molecule has 5 aromatic heterocycles. The SMILES string of the molecule is Cc1cc(CCn2cc(-c3cccnc3)nc2Cn2c(=O)n(C3CC3)c3ccncc32)no1. The van der Waals surface area contributed by atoms with Crippen LogP contribution in [0.1, 0.15) is 36.2 Å². The summed E-state index contributed by atoms with van der Waals surface area (Å²) in [7, 11) is 0. The Hall–Kier alpha value is -4.01. The zero-order valence-electron chi connectivity index (χ0n) is 18.3. The van der Waals surface area contributed by atoms with Gasteiger partial charge in [0.25, 0.3) is 0 Å². The third kappa shape index (κ3) is 3.65. The molecule has 0 amide bonds. The molecule has 9 heteroatoms. The molecular weight excluding hydrogens is 418 g/mol. The molecule has 9 nitrogen and oxygen atoms in total. The zero-order chi connectivity index (χ0) is 22.4. The molecule has 1 saturated carbocycles. The van der Waals surface area contributed by atoms with E-state index in [1.54, 1.807) is 29.4 Å². The van der Waals surface area contributed by atoms with E-state index in [4.69, 9.17) is 9.51 Å². The quantitative estimate of drug-likeness (QED) is 0.384. The molecular formula is C24H23N7O2. The first-order chi connectivity index (χ1) is 16.2. The molecule has 0 spiro atoms. The number of hydrogen-bond acceptors (Lipinski definition) is 6. The van der Waals surface area contributed by atoms with Gasteiger partial charge in [0.15, 0.2) is 0 Å². The van der Waals surface area contributed by atoms with Crippen molar-refractivity contribution in [3.63, 3.8) is 0 Å². The van der Waals surface area contributed by atoms with Gasteiger partial charge in [-0.1, -0.05) is 5.16 Å². The van der Waals surface area contributed by atoms with Gasteiger partial charge in [-0.2, -0.15) is 0 Å². The Kier molecular flexibility index (Phi) is 4.67. The summed E-state index contributed by atoms with van der Waals surface area (Å²) >= 11 is 0. The zero-order valence-corrected chi connectivity index (χ0v) is 18.3. The van der Waals surface area contributed by atoms with Crippen molar-refractivity contribution in [3.05, 3.63) is 83.0 Å². The fraction of sp³-hybridized carbons (Fsp3) is 0.292. The van der Waals surface area contributed by atoms with Gasteiger partial charge < -0.3 is 9.09 Å². The summed E-state index contributed by atoms with van der Waals surface area (Å²) in [5.74, 6) is 1.59. The van der Waals surface area contributed by atoms with Crippen molar-refractivity contribution in [1.82, 2.24) is 33.8 Å². The highest BCUT2D eigenvalue weighted by molar-refractivity contribution is 5.75. The Morgan fingerprint density at radius 3 is 2.76 bits per heavy atom. The molecule has 0 N–H and O–H groups in total. The molecule has 1 aliphatic rings. The van der Waals surface area contributed by atoms with Crippen LogP contribution in [-0.4, -0.2) is 33.8 Å². The molecule has 0 saturated heterocycles. The molecule has 1 aliphatic carbocycles. The molecule has 0 bridgehead atoms. The maximum absolute atomic E-state index is 13.4. The van der Waals surface area contributed by atoms with Crippen LogP contribution >= 0.6 is 0 Å². The number of aromatic nitrogens is 7. The second-order valence-electron chi connectivity index (χ2n) is 8.49. The highest BCUT2D eigenvalue weighted by atomic mass is 16.5. The van der Waals surface area contributed by atoms with Gasteiger partial charge in [-0.3, -0.25) is 19.1 Å². The Bertz CT molecular complexity index is 1490. The number of nitrogens with zero attached hydrogens (tertiary/aromatic N) is 7. The van der Waals surface area contributed by atoms with Crippen LogP contribution in [0.5, 0.6) is 0 Å². The molecule has 5 aromatic rings. The van der Waals surface area contributed by atoms with Gasteiger partial charge in [-0.25, -0.2) is 9.78 Å². The molecule has 33 heavy (non-hydrogen) atoms. The first kappa shape index (κ1) is 19.7. The van der Waals surface area contributed by atoms with Gasteiger partial charge in [-0.05, 0) is 38.0 Å². The van der Waals surface area contributed by atoms with Crippen molar-refractivity contribution in [2.75, 3.05) is 0 Å². The van der Waals surface area contributed by atoms with Gasteiger partial charge in [0.2, 0.25) is 0 Å². The third-order valence-electron chi connectivity index (χ3n) is 6.08. The molecule has 0 radical (unpaired) electrons. The van der Waals surface area contributed by atoms with Crippen molar-refractivity contribution in [1.29, 1.82) is 0 Å². The van der Waals surface area contributed by atoms with Gasteiger partial charge in [-0.15, -0.1) is 0 Å². The number of imidazole rings is 2. The molecule has 1 fully saturated rings. The lowest BCUT2D eigenvalue weighted by molar-refractivity contribution is 0.389. The number of hydrogen-bond donors (Lipinski definition) is 0. The molecule has 0 unspecified atom stereocenters. The number of fused-ring (bicyclic) bond motifs is 1. The lowest BCUT2D eigenvalue weighted by Gasteiger charge is -2.07. The van der Waals surface area contributed by atoms with Crippen LogP contribution < -0.4 is 5.69 Å². The average molecular weight is 441 g/mol. The molecule has 0 atom stereocenters. The minimum atomic E-state index is -0.00916. The Balaban J connectivity index is 1.40. The first-order valence-corrected chi connectivity index (χ1v) is 11.1. The Labute approximate surface area is 189 Å². The van der Waals surface area contributed by atoms with Crippen LogP contribution in [0.4, 0.5) is 0 Å². The van der Waals surface area contributed by atoms with Gasteiger partial charge in [0, 0.05) is 55.4 Å². The number of pyridine rings is 2. The van der Waals surface area contributed by atoms with E-state index in [0.29, 0.717) is 19.5 Å². The van der Waals surface area contributed by atoms with Crippen LogP contribution in [0.3, 0.4) is 0 Å². The second-order valence-corrected chi connectivity index (χ2v) is 8.49. The average Bonchev–Trinajstić information content (AvgIpc) is 3.35. The van der Waals surface area contributed by atoms with Crippen molar-refractivity contribution < 1.29 is 4.52 Å². The van der Waals surface area contributed by atoms with Crippen LogP contribution in [0.2, 0.25) is 0 Å². The normalized spacial score (nSPS) is 13.7. The van der Waals surface area contributed by atoms with Crippen LogP contribution in [-0.2, 0) is 19.5 Å². The smallest absolute Gasteiger partial charge is 0.329 e. The minimum absolute atomic E-state index is 0.00916. The van der Waals surface area contributed by atoms with Gasteiger partial charge >= 0.3 is 5.69 Å². The van der Waals surface area contributed by atoms with Crippen molar-refractivity contribution in [3.8, 4) is 11.3 Å². The summed E-state index contributed by atoms with van der Waals surface area (Å²) in [5, 5.41) is 4.11. The van der Waals surface area contributed by atoms with E-state index in [0.717, 1.165) is 52.4 Å². The van der Waals surface area contributed by atoms with Crippen LogP contribution in [0.15, 0.2) is 64.6 Å². The molecule has 166 valence electrons. The van der Waals surface area contributed by atoms with Crippen molar-refractivity contribution in [2.45, 2.75) is 45.3 Å². The van der Waals surface area contributed by atoms with Gasteiger partial charge in [0.1, 0.15) is 11.6 Å². The third-order valence-corrected chi connectivity index (χ3v) is 6.08. The molecule has 6 rings (SSSR count). The lowest BCUT2D eigenvalue weighted by Crippen LogP contribution is -2.25. The predicted octanol–water partition coefficient (Wildman–Crippen LogP) is 3.38. The maximum atomic E-state index is 13.4. The number of rotatable bonds is 7. The van der Waals surface area contributed by atoms with E-state index in [1.807, 2.05) is 42.0 Å². The fourth-order valence-electron chi connectivity index (χ4n) is 4.30. The van der Waals surface area contributed by atoms with E-state index < -0.39 is 0 Å². The van der Waals surface area contributed by atoms with E-state index in [2.05, 4.69) is 19.7 Å². The Morgan fingerprint density at radius 2 is 2.00 bits per heavy atom. The summed E-state index contributed by atoms with van der Waals surface area (Å²) < 4.78 is 11.0. The van der Waals surface area contributed by atoms with E-state index >= 15 is 0 Å². The maximum Gasteiger partial charge on any atom is 0.329 e. The van der Waals surface area contributed by atoms with E-state index in [9.17, 15) is 4.79 Å². The Morgan fingerprint density at radius 1 is 1.12 bits per heavy atom. The summed E-state index contributed by atoms with van der Waals surface area (Å²) in [6, 6.07) is 8.03. The standard InChI is InChI=1S/C24H23N7O2/c1-16-11-18(28-33-16)7-10-29-14-20(17-3-2-8-25-12-17)27-23(29)15-30-22-13-26-9-6-21(22)31(24(30)32)19-4-5-19/h2-3,6,8-9,11-14,19H,4-5,7,10,15H2,1H3. The molecule has 0 aliphatic heterocycles. The lowest BCUT2D eigenvalue weighted by atomic mass is 10.2. The summed E-state index contributed by atoms with van der Waals surface area (Å²) in [5.41, 5.74) is 4.41.